The van der Waals surface area contributed by atoms with Crippen LogP contribution in [0.2, 0.25) is 0 Å². The van der Waals surface area contributed by atoms with Gasteiger partial charge in [-0.25, -0.2) is 0 Å². The van der Waals surface area contributed by atoms with Crippen molar-refractivity contribution >= 4 is 0 Å². The third kappa shape index (κ3) is 3.96. The molecule has 0 atom stereocenters. The lowest BCUT2D eigenvalue weighted by Gasteiger charge is -2.09. The van der Waals surface area contributed by atoms with Crippen LogP contribution < -0.4 is 5.32 Å². The second-order valence-corrected chi connectivity index (χ2v) is 3.88. The van der Waals surface area contributed by atoms with Crippen LogP contribution in [0, 0.1) is 0 Å². The molecule has 2 rings (SSSR count). The molecule has 3 N–H and O–H groups in total. The smallest absolute Gasteiger partial charge is 0.00111 e. The largest absolute Gasteiger partial charge is 0.319 e. The van der Waals surface area contributed by atoms with Crippen LogP contribution in [-0.4, -0.2) is 24.5 Å². The lowest BCUT2D eigenvalue weighted by molar-refractivity contribution is 0.792. The Labute approximate surface area is 108 Å². The van der Waals surface area contributed by atoms with Gasteiger partial charge in [-0.2, -0.15) is 0 Å². The van der Waals surface area contributed by atoms with E-state index < -0.39 is 0 Å². The van der Waals surface area contributed by atoms with Gasteiger partial charge in [0, 0.05) is 0 Å². The molecule has 0 aliphatic carbocycles. The number of rotatable bonds is 4. The first-order chi connectivity index (χ1) is 7.92. The third-order valence-electron chi connectivity index (χ3n) is 2.75. The van der Waals surface area contributed by atoms with Gasteiger partial charge in [0.15, 0.2) is 0 Å². The maximum Gasteiger partial charge on any atom is -0.00111 e. The summed E-state index contributed by atoms with van der Waals surface area (Å²) in [6, 6.07) is 19.2. The van der Waals surface area contributed by atoms with Gasteiger partial charge in [-0.1, -0.05) is 54.6 Å². The van der Waals surface area contributed by atoms with Crippen molar-refractivity contribution < 1.29 is 11.0 Å². The van der Waals surface area contributed by atoms with Crippen molar-refractivity contribution in [3.63, 3.8) is 0 Å². The highest BCUT2D eigenvalue weighted by Crippen LogP contribution is 2.23. The second kappa shape index (κ2) is 8.42. The Morgan fingerprint density at radius 1 is 0.833 bits per heavy atom. The van der Waals surface area contributed by atoms with Crippen LogP contribution in [0.5, 0.6) is 0 Å². The Balaban J connectivity index is 0.00000144. The number of hydrogen-bond acceptors (Lipinski definition) is 1. The molecule has 0 amide bonds. The number of likely N-dealkylation sites (N-methyl/N-ethyl adjacent to an activating group) is 1. The molecule has 3 nitrogen and oxygen atoms in total. The molecule has 0 aliphatic heterocycles. The van der Waals surface area contributed by atoms with Crippen molar-refractivity contribution in [1.29, 1.82) is 0 Å². The molecule has 96 valence electrons. The Hall–Kier alpha value is -1.68. The first-order valence-electron chi connectivity index (χ1n) is 5.70. The molecule has 2 aromatic carbocycles. The summed E-state index contributed by atoms with van der Waals surface area (Å²) in [5, 5.41) is 3.19. The van der Waals surface area contributed by atoms with E-state index in [0.717, 1.165) is 13.0 Å². The van der Waals surface area contributed by atoms with Crippen LogP contribution in [0.15, 0.2) is 54.6 Å². The van der Waals surface area contributed by atoms with Gasteiger partial charge < -0.3 is 5.32 Å². The fourth-order valence-corrected chi connectivity index (χ4v) is 1.90. The minimum atomic E-state index is 0. The fourth-order valence-electron chi connectivity index (χ4n) is 1.90. The summed E-state index contributed by atoms with van der Waals surface area (Å²) in [5.74, 6) is 0. The van der Waals surface area contributed by atoms with Gasteiger partial charge in [0.25, 0.3) is 0 Å². The summed E-state index contributed by atoms with van der Waals surface area (Å²) in [4.78, 5) is 0. The normalized spacial score (nSPS) is 9.17. The Morgan fingerprint density at radius 2 is 1.44 bits per heavy atom. The summed E-state index contributed by atoms with van der Waals surface area (Å²) < 4.78 is 0. The predicted octanol–water partition coefficient (Wildman–Crippen LogP) is 2.76. The Morgan fingerprint density at radius 3 is 2.11 bits per heavy atom. The summed E-state index contributed by atoms with van der Waals surface area (Å²) >= 11 is 0. The molecule has 3 heteroatoms. The van der Waals surface area contributed by atoms with Gasteiger partial charge in [-0.15, -0.1) is 0 Å². The van der Waals surface area contributed by atoms with Gasteiger partial charge >= 0.3 is 0 Å². The van der Waals surface area contributed by atoms with E-state index in [9.17, 15) is 0 Å². The average Bonchev–Trinajstić information content (AvgIpc) is 2.38. The van der Waals surface area contributed by atoms with Crippen LogP contribution in [0.3, 0.4) is 0 Å². The maximum absolute atomic E-state index is 3.19. The van der Waals surface area contributed by atoms with E-state index >= 15 is 0 Å². The standard InChI is InChI=1S/C15H17N.2HO/c1-16-12-11-14-9-5-6-10-15(14)13-7-3-2-4-8-13;;/h2-10,16H,11-12H2,1H3;2*1H. The third-order valence-corrected chi connectivity index (χ3v) is 2.75. The molecule has 18 heavy (non-hydrogen) atoms. The summed E-state index contributed by atoms with van der Waals surface area (Å²) in [6.45, 7) is 1.02. The lowest BCUT2D eigenvalue weighted by atomic mass is 9.98. The molecule has 2 radical (unpaired) electrons. The van der Waals surface area contributed by atoms with Crippen molar-refractivity contribution in [2.45, 2.75) is 6.42 Å². The second-order valence-electron chi connectivity index (χ2n) is 3.88. The maximum atomic E-state index is 3.19. The quantitative estimate of drug-likeness (QED) is 0.761. The lowest BCUT2D eigenvalue weighted by Crippen LogP contribution is -2.10. The monoisotopic (exact) mass is 245 g/mol. The zero-order valence-corrected chi connectivity index (χ0v) is 10.5. The van der Waals surface area contributed by atoms with Gasteiger partial charge in [-0.3, -0.25) is 11.0 Å². The molecule has 0 saturated carbocycles. The van der Waals surface area contributed by atoms with Gasteiger partial charge in [0.2, 0.25) is 0 Å². The molecule has 0 fully saturated rings. The van der Waals surface area contributed by atoms with Crippen molar-refractivity contribution in [2.24, 2.45) is 0 Å². The van der Waals surface area contributed by atoms with Crippen LogP contribution in [0.25, 0.3) is 11.1 Å². The summed E-state index contributed by atoms with van der Waals surface area (Å²) in [7, 11) is 1.99. The first-order valence-corrected chi connectivity index (χ1v) is 5.70. The van der Waals surface area contributed by atoms with Gasteiger partial charge in [0.1, 0.15) is 0 Å². The number of nitrogens with one attached hydrogen (secondary N) is 1. The first kappa shape index (κ1) is 16.3. The van der Waals surface area contributed by atoms with Gasteiger partial charge in [-0.05, 0) is 36.7 Å². The van der Waals surface area contributed by atoms with E-state index in [0.29, 0.717) is 0 Å². The summed E-state index contributed by atoms with van der Waals surface area (Å²) in [5.41, 5.74) is 4.05. The number of benzene rings is 2. The zero-order valence-electron chi connectivity index (χ0n) is 10.5. The Kier molecular flexibility index (Phi) is 7.63. The van der Waals surface area contributed by atoms with Crippen LogP contribution in [0.4, 0.5) is 0 Å². The SMILES string of the molecule is CNCCc1ccccc1-c1ccccc1.[OH].[OH]. The molecule has 0 spiro atoms. The summed E-state index contributed by atoms with van der Waals surface area (Å²) in [6.07, 6.45) is 1.07. The minimum Gasteiger partial charge on any atom is -0.319 e. The van der Waals surface area contributed by atoms with Crippen molar-refractivity contribution in [3.8, 4) is 11.1 Å². The highest BCUT2D eigenvalue weighted by Gasteiger charge is 2.02. The fraction of sp³-hybridized carbons (Fsp3) is 0.200. The van der Waals surface area contributed by atoms with E-state index in [-0.39, 0.29) is 11.0 Å². The number of hydrogen-bond donors (Lipinski definition) is 3. The van der Waals surface area contributed by atoms with Crippen LogP contribution in [-0.2, 0) is 6.42 Å². The van der Waals surface area contributed by atoms with Crippen molar-refractivity contribution in [1.82, 2.24) is 5.32 Å². The zero-order chi connectivity index (χ0) is 11.2. The molecule has 0 aliphatic rings. The van der Waals surface area contributed by atoms with E-state index in [4.69, 9.17) is 0 Å². The van der Waals surface area contributed by atoms with Crippen LogP contribution in [0.1, 0.15) is 5.56 Å². The van der Waals surface area contributed by atoms with E-state index in [1.54, 1.807) is 0 Å². The molecule has 0 bridgehead atoms. The highest BCUT2D eigenvalue weighted by molar-refractivity contribution is 5.67. The Bertz CT molecular complexity index is 443. The molecule has 0 heterocycles. The predicted molar refractivity (Wildman–Crippen MR) is 73.4 cm³/mol. The average molecular weight is 245 g/mol. The molecular formula is C15H19NO2. The highest BCUT2D eigenvalue weighted by atomic mass is 16.0. The molecule has 0 saturated heterocycles. The van der Waals surface area contributed by atoms with Crippen molar-refractivity contribution in [3.05, 3.63) is 60.2 Å². The molecule has 0 unspecified atom stereocenters. The van der Waals surface area contributed by atoms with Crippen molar-refractivity contribution in [2.75, 3.05) is 13.6 Å². The molecule has 2 aromatic rings. The van der Waals surface area contributed by atoms with E-state index in [1.165, 1.54) is 16.7 Å². The molecule has 0 aromatic heterocycles. The molecular weight excluding hydrogens is 226 g/mol. The minimum absolute atomic E-state index is 0. The topological polar surface area (TPSA) is 72.0 Å². The van der Waals surface area contributed by atoms with Gasteiger partial charge in [0.05, 0.1) is 0 Å². The van der Waals surface area contributed by atoms with E-state index in [2.05, 4.69) is 59.9 Å². The van der Waals surface area contributed by atoms with Crippen LogP contribution >= 0.6 is 0 Å². The van der Waals surface area contributed by atoms with E-state index in [1.807, 2.05) is 7.05 Å².